The van der Waals surface area contributed by atoms with E-state index in [1.807, 2.05) is 0 Å². The second kappa shape index (κ2) is 6.33. The quantitative estimate of drug-likeness (QED) is 0.611. The highest BCUT2D eigenvalue weighted by molar-refractivity contribution is 7.99. The Labute approximate surface area is 104 Å². The van der Waals surface area contributed by atoms with E-state index < -0.39 is 17.2 Å². The van der Waals surface area contributed by atoms with Crippen LogP contribution in [-0.4, -0.2) is 23.0 Å². The zero-order chi connectivity index (χ0) is 12.9. The van der Waals surface area contributed by atoms with Gasteiger partial charge in [0.05, 0.1) is 5.60 Å². The van der Waals surface area contributed by atoms with E-state index in [4.69, 9.17) is 5.73 Å². The minimum atomic E-state index is -0.839. The smallest absolute Gasteiger partial charge is 0.159 e. The molecule has 0 bridgehead atoms. The number of benzene rings is 1. The molecule has 17 heavy (non-hydrogen) atoms. The van der Waals surface area contributed by atoms with Crippen molar-refractivity contribution in [1.29, 1.82) is 0 Å². The van der Waals surface area contributed by atoms with Crippen molar-refractivity contribution >= 4 is 11.8 Å². The Hall–Kier alpha value is -0.650. The molecule has 1 aromatic rings. The van der Waals surface area contributed by atoms with Crippen LogP contribution in [0.5, 0.6) is 0 Å². The highest BCUT2D eigenvalue weighted by atomic mass is 32.2. The van der Waals surface area contributed by atoms with Crippen LogP contribution in [0.25, 0.3) is 0 Å². The number of hydrogen-bond acceptors (Lipinski definition) is 3. The normalized spacial score (nSPS) is 14.6. The molecule has 1 atom stereocenters. The second-order valence-electron chi connectivity index (χ2n) is 4.23. The van der Waals surface area contributed by atoms with E-state index in [2.05, 4.69) is 0 Å². The van der Waals surface area contributed by atoms with Crippen LogP contribution in [0.3, 0.4) is 0 Å². The van der Waals surface area contributed by atoms with Crippen LogP contribution in [0.4, 0.5) is 8.78 Å². The van der Waals surface area contributed by atoms with Gasteiger partial charge in [-0.25, -0.2) is 8.78 Å². The van der Waals surface area contributed by atoms with Gasteiger partial charge in [0, 0.05) is 11.4 Å². The Balaban J connectivity index is 2.34. The zero-order valence-corrected chi connectivity index (χ0v) is 10.6. The predicted octanol–water partition coefficient (Wildman–Crippen LogP) is 2.55. The van der Waals surface area contributed by atoms with Crippen LogP contribution < -0.4 is 5.73 Å². The van der Waals surface area contributed by atoms with Gasteiger partial charge in [-0.2, -0.15) is 0 Å². The van der Waals surface area contributed by atoms with Crippen molar-refractivity contribution in [1.82, 2.24) is 0 Å². The summed E-state index contributed by atoms with van der Waals surface area (Å²) < 4.78 is 25.5. The molecule has 3 N–H and O–H groups in total. The van der Waals surface area contributed by atoms with Crippen LogP contribution >= 0.6 is 11.8 Å². The largest absolute Gasteiger partial charge is 0.389 e. The lowest BCUT2D eigenvalue weighted by Gasteiger charge is -2.20. The summed E-state index contributed by atoms with van der Waals surface area (Å²) in [5.41, 5.74) is 4.55. The molecule has 0 fully saturated rings. The van der Waals surface area contributed by atoms with Gasteiger partial charge in [0.2, 0.25) is 0 Å². The fraction of sp³-hybridized carbons (Fsp3) is 0.500. The van der Waals surface area contributed by atoms with E-state index in [0.717, 1.165) is 18.2 Å². The molecular formula is C12H17F2NOS. The summed E-state index contributed by atoms with van der Waals surface area (Å²) in [6, 6.07) is 3.85. The van der Waals surface area contributed by atoms with Crippen LogP contribution in [0.2, 0.25) is 0 Å². The molecule has 0 radical (unpaired) electrons. The maximum atomic E-state index is 12.9. The van der Waals surface area contributed by atoms with Gasteiger partial charge in [0.15, 0.2) is 11.6 Å². The third kappa shape index (κ3) is 5.02. The molecule has 5 heteroatoms. The minimum absolute atomic E-state index is 0.225. The van der Waals surface area contributed by atoms with E-state index >= 15 is 0 Å². The van der Waals surface area contributed by atoms with Crippen molar-refractivity contribution in [2.24, 2.45) is 5.73 Å². The van der Waals surface area contributed by atoms with E-state index in [9.17, 15) is 13.9 Å². The Morgan fingerprint density at radius 3 is 2.65 bits per heavy atom. The topological polar surface area (TPSA) is 46.2 Å². The van der Waals surface area contributed by atoms with E-state index in [1.54, 1.807) is 13.0 Å². The number of nitrogens with two attached hydrogens (primary N) is 1. The summed E-state index contributed by atoms with van der Waals surface area (Å²) in [4.78, 5) is 0.691. The summed E-state index contributed by atoms with van der Waals surface area (Å²) >= 11 is 1.44. The lowest BCUT2D eigenvalue weighted by Crippen LogP contribution is -2.34. The molecule has 1 unspecified atom stereocenters. The monoisotopic (exact) mass is 261 g/mol. The third-order valence-corrected chi connectivity index (χ3v) is 3.54. The van der Waals surface area contributed by atoms with Crippen LogP contribution in [0, 0.1) is 11.6 Å². The highest BCUT2D eigenvalue weighted by Crippen LogP contribution is 2.22. The number of rotatable bonds is 6. The van der Waals surface area contributed by atoms with Crippen molar-refractivity contribution in [3.05, 3.63) is 29.8 Å². The van der Waals surface area contributed by atoms with Gasteiger partial charge >= 0.3 is 0 Å². The number of aliphatic hydroxyl groups is 1. The molecule has 2 nitrogen and oxygen atoms in total. The lowest BCUT2D eigenvalue weighted by molar-refractivity contribution is 0.0596. The highest BCUT2D eigenvalue weighted by Gasteiger charge is 2.16. The summed E-state index contributed by atoms with van der Waals surface area (Å²) in [6.45, 7) is 1.91. The van der Waals surface area contributed by atoms with Crippen molar-refractivity contribution in [3.63, 3.8) is 0 Å². The molecule has 0 saturated carbocycles. The van der Waals surface area contributed by atoms with Crippen molar-refractivity contribution in [3.8, 4) is 0 Å². The zero-order valence-electron chi connectivity index (χ0n) is 9.75. The first kappa shape index (κ1) is 14.4. The maximum Gasteiger partial charge on any atom is 0.159 e. The fourth-order valence-corrected chi connectivity index (χ4v) is 2.19. The number of thioether (sulfide) groups is 1. The van der Waals surface area contributed by atoms with Crippen LogP contribution in [0.15, 0.2) is 23.1 Å². The first-order chi connectivity index (χ1) is 7.94. The van der Waals surface area contributed by atoms with Crippen molar-refractivity contribution < 1.29 is 13.9 Å². The molecule has 0 saturated heterocycles. The molecule has 0 aromatic heterocycles. The Morgan fingerprint density at radius 1 is 1.35 bits per heavy atom. The molecule has 0 aliphatic carbocycles. The van der Waals surface area contributed by atoms with Gasteiger partial charge in [0.1, 0.15) is 0 Å². The average molecular weight is 261 g/mol. The maximum absolute atomic E-state index is 12.9. The Bertz CT molecular complexity index is 372. The molecular weight excluding hydrogens is 244 g/mol. The molecule has 1 aromatic carbocycles. The van der Waals surface area contributed by atoms with E-state index in [1.165, 1.54) is 17.8 Å². The summed E-state index contributed by atoms with van der Waals surface area (Å²) in [5, 5.41) is 9.66. The standard InChI is InChI=1S/C12H17F2NOS/c1-12(16,8-15)5-2-6-17-9-3-4-10(13)11(14)7-9/h3-4,7,16H,2,5-6,8,15H2,1H3. The molecule has 0 aliphatic rings. The molecule has 0 aliphatic heterocycles. The molecule has 0 amide bonds. The van der Waals surface area contributed by atoms with E-state index in [-0.39, 0.29) is 6.54 Å². The molecule has 0 heterocycles. The summed E-state index contributed by atoms with van der Waals surface area (Å²) in [7, 11) is 0. The molecule has 96 valence electrons. The number of hydrogen-bond donors (Lipinski definition) is 2. The first-order valence-electron chi connectivity index (χ1n) is 5.45. The van der Waals surface area contributed by atoms with Crippen molar-refractivity contribution in [2.75, 3.05) is 12.3 Å². The van der Waals surface area contributed by atoms with E-state index in [0.29, 0.717) is 11.3 Å². The van der Waals surface area contributed by atoms with Gasteiger partial charge in [0.25, 0.3) is 0 Å². The summed E-state index contributed by atoms with van der Waals surface area (Å²) in [5.74, 6) is -0.925. The SMILES string of the molecule is CC(O)(CN)CCCSc1ccc(F)c(F)c1. The van der Waals surface area contributed by atoms with Gasteiger partial charge in [-0.05, 0) is 43.7 Å². The Kier molecular flexibility index (Phi) is 5.36. The second-order valence-corrected chi connectivity index (χ2v) is 5.40. The van der Waals surface area contributed by atoms with Crippen LogP contribution in [0.1, 0.15) is 19.8 Å². The minimum Gasteiger partial charge on any atom is -0.389 e. The van der Waals surface area contributed by atoms with Gasteiger partial charge in [-0.15, -0.1) is 11.8 Å². The summed E-state index contributed by atoms with van der Waals surface area (Å²) in [6.07, 6.45) is 1.37. The predicted molar refractivity (Wildman–Crippen MR) is 66.0 cm³/mol. The first-order valence-corrected chi connectivity index (χ1v) is 6.43. The fourth-order valence-electron chi connectivity index (χ4n) is 1.31. The van der Waals surface area contributed by atoms with Crippen LogP contribution in [-0.2, 0) is 0 Å². The van der Waals surface area contributed by atoms with Gasteiger partial charge < -0.3 is 10.8 Å². The van der Waals surface area contributed by atoms with Gasteiger partial charge in [-0.1, -0.05) is 0 Å². The average Bonchev–Trinajstić information content (AvgIpc) is 2.29. The Morgan fingerprint density at radius 2 is 2.06 bits per heavy atom. The van der Waals surface area contributed by atoms with Gasteiger partial charge in [-0.3, -0.25) is 0 Å². The molecule has 1 rings (SSSR count). The molecule has 0 spiro atoms. The van der Waals surface area contributed by atoms with Crippen molar-refractivity contribution in [2.45, 2.75) is 30.3 Å². The number of halogens is 2. The third-order valence-electron chi connectivity index (χ3n) is 2.46. The lowest BCUT2D eigenvalue weighted by atomic mass is 10.0.